The lowest BCUT2D eigenvalue weighted by molar-refractivity contribution is 0.0303. The summed E-state index contributed by atoms with van der Waals surface area (Å²) < 4.78 is 5.25. The van der Waals surface area contributed by atoms with E-state index in [1.807, 2.05) is 17.0 Å². The zero-order valence-electron chi connectivity index (χ0n) is 9.74. The highest BCUT2D eigenvalue weighted by atomic mass is 16.5. The van der Waals surface area contributed by atoms with Crippen molar-refractivity contribution in [3.8, 4) is 0 Å². The normalized spacial score (nSPS) is 18.7. The first-order chi connectivity index (χ1) is 8.34. The first-order valence-corrected chi connectivity index (χ1v) is 6.08. The molecule has 0 spiro atoms. The van der Waals surface area contributed by atoms with Gasteiger partial charge in [-0.3, -0.25) is 4.79 Å². The van der Waals surface area contributed by atoms with Gasteiger partial charge in [-0.1, -0.05) is 6.07 Å². The standard InChI is InChI=1S/C13H16N2O2/c16-13(15-5-7-17-8-6-15)11-2-1-10-3-4-14-12(10)9-11/h1-2,9,14H,3-8H2. The third kappa shape index (κ3) is 2.00. The number of nitrogens with one attached hydrogen (secondary N) is 1. The van der Waals surface area contributed by atoms with Crippen molar-refractivity contribution in [2.75, 3.05) is 38.2 Å². The number of morpholine rings is 1. The number of fused-ring (bicyclic) bond motifs is 1. The number of hydrogen-bond acceptors (Lipinski definition) is 3. The Hall–Kier alpha value is -1.55. The van der Waals surface area contributed by atoms with Gasteiger partial charge in [0.05, 0.1) is 13.2 Å². The fraction of sp³-hybridized carbons (Fsp3) is 0.462. The Balaban J connectivity index is 1.81. The molecule has 0 bridgehead atoms. The van der Waals surface area contributed by atoms with Gasteiger partial charge in [-0.25, -0.2) is 0 Å². The third-order valence-corrected chi connectivity index (χ3v) is 3.36. The Morgan fingerprint density at radius 3 is 2.94 bits per heavy atom. The van der Waals surface area contributed by atoms with Crippen LogP contribution in [0.2, 0.25) is 0 Å². The minimum absolute atomic E-state index is 0.116. The molecule has 2 aliphatic rings. The van der Waals surface area contributed by atoms with Crippen LogP contribution in [0, 0.1) is 0 Å². The quantitative estimate of drug-likeness (QED) is 0.789. The van der Waals surface area contributed by atoms with Crippen molar-refractivity contribution in [3.63, 3.8) is 0 Å². The lowest BCUT2D eigenvalue weighted by atomic mass is 10.1. The lowest BCUT2D eigenvalue weighted by Crippen LogP contribution is -2.40. The molecule has 1 aromatic rings. The summed E-state index contributed by atoms with van der Waals surface area (Å²) in [5.41, 5.74) is 3.20. The number of carbonyl (C=O) groups excluding carboxylic acids is 1. The molecule has 0 aromatic heterocycles. The maximum atomic E-state index is 12.2. The zero-order chi connectivity index (χ0) is 11.7. The number of anilines is 1. The number of hydrogen-bond donors (Lipinski definition) is 1. The van der Waals surface area contributed by atoms with Crippen LogP contribution in [0.4, 0.5) is 5.69 Å². The molecule has 1 amide bonds. The highest BCUT2D eigenvalue weighted by molar-refractivity contribution is 5.95. The number of benzene rings is 1. The van der Waals surface area contributed by atoms with Gasteiger partial charge in [0.2, 0.25) is 0 Å². The molecule has 0 unspecified atom stereocenters. The summed E-state index contributed by atoms with van der Waals surface area (Å²) in [7, 11) is 0. The van der Waals surface area contributed by atoms with Gasteiger partial charge in [-0.15, -0.1) is 0 Å². The number of ether oxygens (including phenoxy) is 1. The Kier molecular flexibility index (Phi) is 2.73. The molecule has 90 valence electrons. The third-order valence-electron chi connectivity index (χ3n) is 3.36. The van der Waals surface area contributed by atoms with Crippen LogP contribution in [0.5, 0.6) is 0 Å². The summed E-state index contributed by atoms with van der Waals surface area (Å²) in [6.07, 6.45) is 1.06. The van der Waals surface area contributed by atoms with Gasteiger partial charge in [-0.05, 0) is 24.1 Å². The molecule has 17 heavy (non-hydrogen) atoms. The second-order valence-electron chi connectivity index (χ2n) is 4.45. The Morgan fingerprint density at radius 2 is 2.12 bits per heavy atom. The average Bonchev–Trinajstić information content (AvgIpc) is 2.86. The summed E-state index contributed by atoms with van der Waals surface area (Å²) in [5.74, 6) is 0.116. The van der Waals surface area contributed by atoms with E-state index in [2.05, 4.69) is 11.4 Å². The molecule has 0 aliphatic carbocycles. The maximum Gasteiger partial charge on any atom is 0.254 e. The first kappa shape index (κ1) is 10.6. The fourth-order valence-corrected chi connectivity index (χ4v) is 2.37. The molecule has 3 rings (SSSR count). The van der Waals surface area contributed by atoms with Crippen molar-refractivity contribution < 1.29 is 9.53 Å². The average molecular weight is 232 g/mol. The first-order valence-electron chi connectivity index (χ1n) is 6.08. The predicted octanol–water partition coefficient (Wildman–Crippen LogP) is 1.13. The van der Waals surface area contributed by atoms with Gasteiger partial charge in [0, 0.05) is 30.9 Å². The molecule has 0 atom stereocenters. The van der Waals surface area contributed by atoms with Crippen LogP contribution in [0.25, 0.3) is 0 Å². The van der Waals surface area contributed by atoms with E-state index in [0.717, 1.165) is 24.2 Å². The van der Waals surface area contributed by atoms with Crippen LogP contribution in [-0.4, -0.2) is 43.7 Å². The number of nitrogens with zero attached hydrogens (tertiary/aromatic N) is 1. The summed E-state index contributed by atoms with van der Waals surface area (Å²) in [5, 5.41) is 3.30. The van der Waals surface area contributed by atoms with E-state index in [0.29, 0.717) is 26.3 Å². The Labute approximate surface area is 101 Å². The van der Waals surface area contributed by atoms with Crippen LogP contribution in [0.1, 0.15) is 15.9 Å². The molecule has 2 aliphatic heterocycles. The second kappa shape index (κ2) is 4.37. The minimum atomic E-state index is 0.116. The van der Waals surface area contributed by atoms with Gasteiger partial charge in [0.1, 0.15) is 0 Å². The Morgan fingerprint density at radius 1 is 1.29 bits per heavy atom. The molecule has 1 N–H and O–H groups in total. The van der Waals surface area contributed by atoms with E-state index in [1.165, 1.54) is 5.56 Å². The van der Waals surface area contributed by atoms with Crippen molar-refractivity contribution in [2.45, 2.75) is 6.42 Å². The summed E-state index contributed by atoms with van der Waals surface area (Å²) in [6.45, 7) is 3.67. The smallest absolute Gasteiger partial charge is 0.254 e. The molecule has 1 fully saturated rings. The molecule has 0 radical (unpaired) electrons. The number of amides is 1. The van der Waals surface area contributed by atoms with Crippen LogP contribution in [0.15, 0.2) is 18.2 Å². The molecular weight excluding hydrogens is 216 g/mol. The van der Waals surface area contributed by atoms with Crippen molar-refractivity contribution in [1.29, 1.82) is 0 Å². The number of rotatable bonds is 1. The molecule has 1 saturated heterocycles. The van der Waals surface area contributed by atoms with Gasteiger partial charge in [0.25, 0.3) is 5.91 Å². The van der Waals surface area contributed by atoms with E-state index >= 15 is 0 Å². The van der Waals surface area contributed by atoms with Crippen molar-refractivity contribution in [3.05, 3.63) is 29.3 Å². The van der Waals surface area contributed by atoms with E-state index < -0.39 is 0 Å². The van der Waals surface area contributed by atoms with E-state index in [-0.39, 0.29) is 5.91 Å². The maximum absolute atomic E-state index is 12.2. The van der Waals surface area contributed by atoms with Crippen LogP contribution in [-0.2, 0) is 11.2 Å². The van der Waals surface area contributed by atoms with E-state index in [9.17, 15) is 4.79 Å². The molecule has 0 saturated carbocycles. The van der Waals surface area contributed by atoms with Gasteiger partial charge in [0.15, 0.2) is 0 Å². The van der Waals surface area contributed by atoms with Crippen LogP contribution in [0.3, 0.4) is 0 Å². The summed E-state index contributed by atoms with van der Waals surface area (Å²) >= 11 is 0. The summed E-state index contributed by atoms with van der Waals surface area (Å²) in [6, 6.07) is 5.97. The topological polar surface area (TPSA) is 41.6 Å². The lowest BCUT2D eigenvalue weighted by Gasteiger charge is -2.27. The fourth-order valence-electron chi connectivity index (χ4n) is 2.37. The van der Waals surface area contributed by atoms with Gasteiger partial charge < -0.3 is 15.0 Å². The molecule has 4 nitrogen and oxygen atoms in total. The van der Waals surface area contributed by atoms with Gasteiger partial charge in [-0.2, -0.15) is 0 Å². The van der Waals surface area contributed by atoms with Gasteiger partial charge >= 0.3 is 0 Å². The van der Waals surface area contributed by atoms with Crippen molar-refractivity contribution >= 4 is 11.6 Å². The second-order valence-corrected chi connectivity index (χ2v) is 4.45. The molecular formula is C13H16N2O2. The minimum Gasteiger partial charge on any atom is -0.384 e. The van der Waals surface area contributed by atoms with Crippen LogP contribution < -0.4 is 5.32 Å². The number of carbonyl (C=O) groups is 1. The highest BCUT2D eigenvalue weighted by Crippen LogP contribution is 2.23. The summed E-state index contributed by atoms with van der Waals surface area (Å²) in [4.78, 5) is 14.1. The highest BCUT2D eigenvalue weighted by Gasteiger charge is 2.20. The molecule has 2 heterocycles. The van der Waals surface area contributed by atoms with Crippen molar-refractivity contribution in [2.24, 2.45) is 0 Å². The predicted molar refractivity (Wildman–Crippen MR) is 65.4 cm³/mol. The van der Waals surface area contributed by atoms with Crippen LogP contribution >= 0.6 is 0 Å². The van der Waals surface area contributed by atoms with Crippen molar-refractivity contribution in [1.82, 2.24) is 4.90 Å². The van der Waals surface area contributed by atoms with E-state index in [4.69, 9.17) is 4.74 Å². The largest absolute Gasteiger partial charge is 0.384 e. The Bertz CT molecular complexity index is 439. The molecule has 4 heteroatoms. The molecule has 1 aromatic carbocycles. The zero-order valence-corrected chi connectivity index (χ0v) is 9.74. The monoisotopic (exact) mass is 232 g/mol. The van der Waals surface area contributed by atoms with E-state index in [1.54, 1.807) is 0 Å². The SMILES string of the molecule is O=C(c1ccc2c(c1)NCC2)N1CCOCC1.